The molecular weight excluding hydrogens is 443 g/mol. The predicted molar refractivity (Wildman–Crippen MR) is 106 cm³/mol. The molecule has 2 aromatic carbocycles. The molecule has 0 spiro atoms. The van der Waals surface area contributed by atoms with Gasteiger partial charge in [0.15, 0.2) is 5.58 Å². The van der Waals surface area contributed by atoms with Crippen molar-refractivity contribution in [2.75, 3.05) is 0 Å². The SMILES string of the molecule is O=C1CCC(c2nc3ccc(C(=O)N4Cc5cccc(OC(F)(F)F)c5C4)cc3o2)C(=O)N1. The number of piperidine rings is 1. The number of imide groups is 1. The highest BCUT2D eigenvalue weighted by Gasteiger charge is 2.35. The summed E-state index contributed by atoms with van der Waals surface area (Å²) < 4.78 is 47.9. The van der Waals surface area contributed by atoms with Gasteiger partial charge in [-0.25, -0.2) is 4.98 Å². The standard InChI is InChI=1S/C22H16F3N3O5/c23-22(24,25)33-16-3-1-2-12-9-28(10-14(12)16)21(31)11-4-6-15-17(8-11)32-20(26-15)13-5-7-18(29)27-19(13)30/h1-4,6,8,13H,5,7,9-10H2,(H,27,29,30). The molecule has 8 nitrogen and oxygen atoms in total. The van der Waals surface area contributed by atoms with E-state index in [1.807, 2.05) is 0 Å². The van der Waals surface area contributed by atoms with Crippen molar-refractivity contribution < 1.29 is 36.7 Å². The van der Waals surface area contributed by atoms with E-state index in [9.17, 15) is 27.6 Å². The van der Waals surface area contributed by atoms with Gasteiger partial charge in [-0.3, -0.25) is 19.7 Å². The number of oxazole rings is 1. The van der Waals surface area contributed by atoms with Crippen molar-refractivity contribution in [3.8, 4) is 5.75 Å². The summed E-state index contributed by atoms with van der Waals surface area (Å²) in [6.07, 6.45) is -4.38. The summed E-state index contributed by atoms with van der Waals surface area (Å²) in [7, 11) is 0. The van der Waals surface area contributed by atoms with E-state index >= 15 is 0 Å². The smallest absolute Gasteiger partial charge is 0.440 e. The molecule has 1 saturated heterocycles. The zero-order valence-corrected chi connectivity index (χ0v) is 16.9. The summed E-state index contributed by atoms with van der Waals surface area (Å²) in [5.74, 6) is -2.10. The van der Waals surface area contributed by atoms with Gasteiger partial charge in [-0.05, 0) is 36.2 Å². The van der Waals surface area contributed by atoms with Crippen molar-refractivity contribution in [1.82, 2.24) is 15.2 Å². The van der Waals surface area contributed by atoms with Crippen LogP contribution in [0.1, 0.15) is 46.1 Å². The Hall–Kier alpha value is -3.89. The Morgan fingerprint density at radius 1 is 1.18 bits per heavy atom. The fourth-order valence-corrected chi connectivity index (χ4v) is 4.09. The predicted octanol–water partition coefficient (Wildman–Crippen LogP) is 3.40. The van der Waals surface area contributed by atoms with Gasteiger partial charge in [0.05, 0.1) is 6.54 Å². The highest BCUT2D eigenvalue weighted by atomic mass is 19.4. The Bertz CT molecular complexity index is 1300. The lowest BCUT2D eigenvalue weighted by Crippen LogP contribution is -2.39. The monoisotopic (exact) mass is 459 g/mol. The van der Waals surface area contributed by atoms with Crippen LogP contribution < -0.4 is 10.1 Å². The van der Waals surface area contributed by atoms with E-state index in [2.05, 4.69) is 15.0 Å². The first-order chi connectivity index (χ1) is 15.7. The minimum absolute atomic E-state index is 0.0314. The van der Waals surface area contributed by atoms with Crippen LogP contribution in [0, 0.1) is 0 Å². The topological polar surface area (TPSA) is 102 Å². The number of hydrogen-bond acceptors (Lipinski definition) is 6. The van der Waals surface area contributed by atoms with Gasteiger partial charge in [-0.2, -0.15) is 0 Å². The average molecular weight is 459 g/mol. The Kier molecular flexibility index (Phi) is 4.84. The van der Waals surface area contributed by atoms with Gasteiger partial charge in [0.1, 0.15) is 17.2 Å². The molecule has 1 N–H and O–H groups in total. The Morgan fingerprint density at radius 3 is 2.76 bits per heavy atom. The van der Waals surface area contributed by atoms with E-state index in [-0.39, 0.29) is 49.0 Å². The lowest BCUT2D eigenvalue weighted by molar-refractivity contribution is -0.274. The van der Waals surface area contributed by atoms with E-state index in [1.165, 1.54) is 29.2 Å². The first-order valence-corrected chi connectivity index (χ1v) is 10.1. The van der Waals surface area contributed by atoms with E-state index in [0.717, 1.165) is 0 Å². The molecular formula is C22H16F3N3O5. The number of benzene rings is 2. The molecule has 3 aromatic rings. The molecule has 11 heteroatoms. The molecule has 0 saturated carbocycles. The number of halogens is 3. The van der Waals surface area contributed by atoms with Crippen LogP contribution in [0.2, 0.25) is 0 Å². The van der Waals surface area contributed by atoms with E-state index in [1.54, 1.807) is 12.1 Å². The molecule has 33 heavy (non-hydrogen) atoms. The van der Waals surface area contributed by atoms with Crippen LogP contribution in [0.25, 0.3) is 11.1 Å². The number of carbonyl (C=O) groups excluding carboxylic acids is 3. The second-order valence-corrected chi connectivity index (χ2v) is 7.84. The zero-order valence-electron chi connectivity index (χ0n) is 16.9. The molecule has 2 aliphatic heterocycles. The number of amides is 3. The van der Waals surface area contributed by atoms with E-state index in [0.29, 0.717) is 22.2 Å². The minimum Gasteiger partial charge on any atom is -0.440 e. The molecule has 0 aliphatic carbocycles. The first kappa shape index (κ1) is 21.0. The third-order valence-corrected chi connectivity index (χ3v) is 5.64. The van der Waals surface area contributed by atoms with Crippen molar-refractivity contribution in [3.05, 3.63) is 59.0 Å². The molecule has 0 bridgehead atoms. The highest BCUT2D eigenvalue weighted by molar-refractivity contribution is 6.01. The number of alkyl halides is 3. The van der Waals surface area contributed by atoms with E-state index in [4.69, 9.17) is 4.42 Å². The van der Waals surface area contributed by atoms with Crippen molar-refractivity contribution in [1.29, 1.82) is 0 Å². The minimum atomic E-state index is -4.83. The van der Waals surface area contributed by atoms with Gasteiger partial charge in [0.2, 0.25) is 17.7 Å². The summed E-state index contributed by atoms with van der Waals surface area (Å²) in [6.45, 7) is 0.107. The molecule has 2 aliphatic rings. The molecule has 1 fully saturated rings. The maximum Gasteiger partial charge on any atom is 0.573 e. The molecule has 1 aromatic heterocycles. The van der Waals surface area contributed by atoms with Crippen LogP contribution in [-0.4, -0.2) is 34.0 Å². The van der Waals surface area contributed by atoms with Gasteiger partial charge in [0, 0.05) is 24.1 Å². The molecule has 1 unspecified atom stereocenters. The van der Waals surface area contributed by atoms with Crippen LogP contribution in [0.3, 0.4) is 0 Å². The lowest BCUT2D eigenvalue weighted by Gasteiger charge is -2.17. The quantitative estimate of drug-likeness (QED) is 0.603. The molecule has 1 atom stereocenters. The maximum atomic E-state index is 13.1. The number of aromatic nitrogens is 1. The fourth-order valence-electron chi connectivity index (χ4n) is 4.09. The third kappa shape index (κ3) is 4.01. The molecule has 170 valence electrons. The van der Waals surface area contributed by atoms with Crippen molar-refractivity contribution in [3.63, 3.8) is 0 Å². The molecule has 5 rings (SSSR count). The normalized spacial score (nSPS) is 18.4. The van der Waals surface area contributed by atoms with Crippen LogP contribution in [0.4, 0.5) is 13.2 Å². The van der Waals surface area contributed by atoms with Crippen molar-refractivity contribution >= 4 is 28.8 Å². The maximum absolute atomic E-state index is 13.1. The van der Waals surface area contributed by atoms with Crippen LogP contribution in [0.5, 0.6) is 5.75 Å². The van der Waals surface area contributed by atoms with E-state index < -0.39 is 24.1 Å². The number of rotatable bonds is 3. The Labute approximate surface area is 184 Å². The third-order valence-electron chi connectivity index (χ3n) is 5.64. The second kappa shape index (κ2) is 7.61. The van der Waals surface area contributed by atoms with Gasteiger partial charge < -0.3 is 14.1 Å². The largest absolute Gasteiger partial charge is 0.573 e. The zero-order chi connectivity index (χ0) is 23.3. The molecule has 3 amide bonds. The van der Waals surface area contributed by atoms with Crippen molar-refractivity contribution in [2.24, 2.45) is 0 Å². The van der Waals surface area contributed by atoms with Crippen LogP contribution >= 0.6 is 0 Å². The number of ether oxygens (including phenoxy) is 1. The summed E-state index contributed by atoms with van der Waals surface area (Å²) in [5, 5.41) is 2.25. The second-order valence-electron chi connectivity index (χ2n) is 7.84. The van der Waals surface area contributed by atoms with Crippen molar-refractivity contribution in [2.45, 2.75) is 38.2 Å². The van der Waals surface area contributed by atoms with Crippen LogP contribution in [-0.2, 0) is 22.7 Å². The summed E-state index contributed by atoms with van der Waals surface area (Å²) in [6, 6.07) is 8.91. The number of fused-ring (bicyclic) bond motifs is 2. The Balaban J connectivity index is 1.37. The lowest BCUT2D eigenvalue weighted by atomic mass is 9.98. The first-order valence-electron chi connectivity index (χ1n) is 10.1. The molecule has 0 radical (unpaired) electrons. The van der Waals surface area contributed by atoms with Gasteiger partial charge in [-0.15, -0.1) is 13.2 Å². The highest BCUT2D eigenvalue weighted by Crippen LogP contribution is 2.35. The summed E-state index contributed by atoms with van der Waals surface area (Å²) in [4.78, 5) is 42.2. The number of carbonyl (C=O) groups is 3. The number of nitrogens with zero attached hydrogens (tertiary/aromatic N) is 2. The summed E-state index contributed by atoms with van der Waals surface area (Å²) in [5.41, 5.74) is 1.88. The average Bonchev–Trinajstić information content (AvgIpc) is 3.36. The number of hydrogen-bond donors (Lipinski definition) is 1. The number of nitrogens with one attached hydrogen (secondary N) is 1. The fraction of sp³-hybridized carbons (Fsp3) is 0.273. The van der Waals surface area contributed by atoms with Crippen LogP contribution in [0.15, 0.2) is 40.8 Å². The van der Waals surface area contributed by atoms with Gasteiger partial charge in [0.25, 0.3) is 5.91 Å². The van der Waals surface area contributed by atoms with Gasteiger partial charge in [-0.1, -0.05) is 12.1 Å². The summed E-state index contributed by atoms with van der Waals surface area (Å²) >= 11 is 0. The molecule has 3 heterocycles. The van der Waals surface area contributed by atoms with Gasteiger partial charge >= 0.3 is 6.36 Å². The Morgan fingerprint density at radius 2 is 2.00 bits per heavy atom.